The second-order valence-electron chi connectivity index (χ2n) is 5.17. The zero-order chi connectivity index (χ0) is 13.7. The largest absolute Gasteiger partial charge is 0.352 e. The van der Waals surface area contributed by atoms with Gasteiger partial charge in [-0.05, 0) is 38.9 Å². The molecule has 0 saturated heterocycles. The van der Waals surface area contributed by atoms with Gasteiger partial charge in [0.15, 0.2) is 0 Å². The van der Waals surface area contributed by atoms with Crippen LogP contribution in [0.4, 0.5) is 0 Å². The third kappa shape index (κ3) is 3.88. The van der Waals surface area contributed by atoms with Crippen molar-refractivity contribution in [3.63, 3.8) is 0 Å². The van der Waals surface area contributed by atoms with E-state index in [4.69, 9.17) is 0 Å². The maximum absolute atomic E-state index is 11.9. The van der Waals surface area contributed by atoms with Gasteiger partial charge in [-0.3, -0.25) is 4.79 Å². The van der Waals surface area contributed by atoms with Gasteiger partial charge in [0, 0.05) is 24.0 Å². The van der Waals surface area contributed by atoms with Crippen LogP contribution in [0, 0.1) is 5.92 Å². The summed E-state index contributed by atoms with van der Waals surface area (Å²) in [7, 11) is 1.92. The molecule has 0 aliphatic carbocycles. The quantitative estimate of drug-likeness (QED) is 0.811. The minimum Gasteiger partial charge on any atom is -0.352 e. The molecular weight excluding hydrogens is 226 g/mol. The predicted octanol–water partition coefficient (Wildman–Crippen LogP) is 1.93. The molecule has 0 radical (unpaired) electrons. The topological polar surface area (TPSA) is 46.1 Å². The summed E-state index contributed by atoms with van der Waals surface area (Å²) in [4.78, 5) is 11.9. The molecule has 0 aromatic carbocycles. The van der Waals surface area contributed by atoms with Crippen molar-refractivity contribution in [3.8, 4) is 0 Å². The Morgan fingerprint density at radius 1 is 1.33 bits per heavy atom. The molecule has 1 aromatic heterocycles. The Hall–Kier alpha value is -1.29. The third-order valence-electron chi connectivity index (χ3n) is 3.44. The van der Waals surface area contributed by atoms with Gasteiger partial charge >= 0.3 is 0 Å². The molecule has 0 fully saturated rings. The first-order chi connectivity index (χ1) is 8.45. The van der Waals surface area contributed by atoms with Crippen molar-refractivity contribution in [3.05, 3.63) is 24.0 Å². The lowest BCUT2D eigenvalue weighted by atomic mass is 10.1. The summed E-state index contributed by atoms with van der Waals surface area (Å²) < 4.78 is 1.99. The van der Waals surface area contributed by atoms with E-state index in [1.807, 2.05) is 36.9 Å². The van der Waals surface area contributed by atoms with Crippen LogP contribution in [0.3, 0.4) is 0 Å². The van der Waals surface area contributed by atoms with E-state index in [1.54, 1.807) is 0 Å². The average molecular weight is 251 g/mol. The fraction of sp³-hybridized carbons (Fsp3) is 0.643. The molecule has 102 valence electrons. The van der Waals surface area contributed by atoms with Gasteiger partial charge in [-0.25, -0.2) is 0 Å². The van der Waals surface area contributed by atoms with Crippen molar-refractivity contribution in [1.29, 1.82) is 0 Å². The molecule has 2 unspecified atom stereocenters. The third-order valence-corrected chi connectivity index (χ3v) is 3.44. The highest BCUT2D eigenvalue weighted by molar-refractivity contribution is 5.76. The minimum atomic E-state index is 0.0666. The second-order valence-corrected chi connectivity index (χ2v) is 5.17. The first-order valence-corrected chi connectivity index (χ1v) is 6.57. The van der Waals surface area contributed by atoms with E-state index in [9.17, 15) is 4.79 Å². The van der Waals surface area contributed by atoms with Gasteiger partial charge in [0.05, 0.1) is 0 Å². The van der Waals surface area contributed by atoms with Crippen LogP contribution >= 0.6 is 0 Å². The standard InChI is InChI=1S/C14H25N3O/c1-10(2)11(3)16-14(18)9-17-8-6-7-13(17)12(4)15-5/h6-8,10-12,15H,9H2,1-5H3,(H,16,18). The molecule has 0 spiro atoms. The van der Waals surface area contributed by atoms with Gasteiger partial charge in [0.1, 0.15) is 6.54 Å². The van der Waals surface area contributed by atoms with Gasteiger partial charge in [0.2, 0.25) is 5.91 Å². The van der Waals surface area contributed by atoms with Crippen molar-refractivity contribution in [2.24, 2.45) is 5.92 Å². The molecule has 0 bridgehead atoms. The Balaban J connectivity index is 2.62. The van der Waals surface area contributed by atoms with E-state index in [-0.39, 0.29) is 18.0 Å². The summed E-state index contributed by atoms with van der Waals surface area (Å²) in [5.41, 5.74) is 1.13. The van der Waals surface area contributed by atoms with Crippen molar-refractivity contribution in [2.45, 2.75) is 46.3 Å². The lowest BCUT2D eigenvalue weighted by Crippen LogP contribution is -2.38. The number of nitrogens with one attached hydrogen (secondary N) is 2. The minimum absolute atomic E-state index is 0.0666. The summed E-state index contributed by atoms with van der Waals surface area (Å²) >= 11 is 0. The van der Waals surface area contributed by atoms with E-state index in [1.165, 1.54) is 0 Å². The van der Waals surface area contributed by atoms with Gasteiger partial charge in [-0.15, -0.1) is 0 Å². The number of carbonyl (C=O) groups excluding carboxylic acids is 1. The number of aromatic nitrogens is 1. The number of hydrogen-bond donors (Lipinski definition) is 2. The molecular formula is C14H25N3O. The number of rotatable bonds is 6. The summed E-state index contributed by atoms with van der Waals surface area (Å²) in [6, 6.07) is 4.47. The SMILES string of the molecule is CNC(C)c1cccn1CC(=O)NC(C)C(C)C. The molecule has 0 aliphatic heterocycles. The van der Waals surface area contributed by atoms with Crippen molar-refractivity contribution in [1.82, 2.24) is 15.2 Å². The van der Waals surface area contributed by atoms with Crippen LogP contribution in [-0.4, -0.2) is 23.6 Å². The van der Waals surface area contributed by atoms with Crippen molar-refractivity contribution < 1.29 is 4.79 Å². The first-order valence-electron chi connectivity index (χ1n) is 6.57. The highest BCUT2D eigenvalue weighted by atomic mass is 16.2. The smallest absolute Gasteiger partial charge is 0.240 e. The summed E-state index contributed by atoms with van der Waals surface area (Å²) in [6.45, 7) is 8.71. The molecule has 18 heavy (non-hydrogen) atoms. The van der Waals surface area contributed by atoms with Gasteiger partial charge in [0.25, 0.3) is 0 Å². The van der Waals surface area contributed by atoms with Crippen LogP contribution < -0.4 is 10.6 Å². The zero-order valence-electron chi connectivity index (χ0n) is 12.0. The lowest BCUT2D eigenvalue weighted by Gasteiger charge is -2.19. The number of hydrogen-bond acceptors (Lipinski definition) is 2. The fourth-order valence-electron chi connectivity index (χ4n) is 1.73. The van der Waals surface area contributed by atoms with Gasteiger partial charge in [-0.1, -0.05) is 13.8 Å². The Bertz CT molecular complexity index is 384. The average Bonchev–Trinajstić information content (AvgIpc) is 2.75. The monoisotopic (exact) mass is 251 g/mol. The van der Waals surface area contributed by atoms with E-state index in [2.05, 4.69) is 31.4 Å². The fourth-order valence-corrected chi connectivity index (χ4v) is 1.73. The van der Waals surface area contributed by atoms with Crippen LogP contribution in [0.15, 0.2) is 18.3 Å². The van der Waals surface area contributed by atoms with Gasteiger partial charge in [-0.2, -0.15) is 0 Å². The number of nitrogens with zero attached hydrogens (tertiary/aromatic N) is 1. The van der Waals surface area contributed by atoms with Crippen molar-refractivity contribution in [2.75, 3.05) is 7.05 Å². The van der Waals surface area contributed by atoms with E-state index in [0.717, 1.165) is 5.69 Å². The molecule has 4 nitrogen and oxygen atoms in total. The van der Waals surface area contributed by atoms with E-state index >= 15 is 0 Å². The molecule has 4 heteroatoms. The molecule has 1 aromatic rings. The summed E-state index contributed by atoms with van der Waals surface area (Å²) in [5.74, 6) is 0.520. The maximum atomic E-state index is 11.9. The zero-order valence-corrected chi connectivity index (χ0v) is 12.0. The number of carbonyl (C=O) groups is 1. The highest BCUT2D eigenvalue weighted by Gasteiger charge is 2.13. The molecule has 0 aliphatic rings. The second kappa shape index (κ2) is 6.59. The molecule has 2 atom stereocenters. The normalized spacial score (nSPS) is 14.6. The molecule has 1 amide bonds. The number of amides is 1. The first kappa shape index (κ1) is 14.8. The Morgan fingerprint density at radius 2 is 2.00 bits per heavy atom. The molecule has 1 heterocycles. The summed E-state index contributed by atoms with van der Waals surface area (Å²) in [6.07, 6.45) is 1.95. The predicted molar refractivity (Wildman–Crippen MR) is 74.3 cm³/mol. The summed E-state index contributed by atoms with van der Waals surface area (Å²) in [5, 5.41) is 6.21. The van der Waals surface area contributed by atoms with Crippen LogP contribution in [0.25, 0.3) is 0 Å². The lowest BCUT2D eigenvalue weighted by molar-refractivity contribution is -0.122. The Labute approximate surface area is 110 Å². The van der Waals surface area contributed by atoms with Gasteiger partial charge < -0.3 is 15.2 Å². The van der Waals surface area contributed by atoms with Crippen LogP contribution in [-0.2, 0) is 11.3 Å². The molecule has 2 N–H and O–H groups in total. The molecule has 0 saturated carbocycles. The van der Waals surface area contributed by atoms with E-state index < -0.39 is 0 Å². The Kier molecular flexibility index (Phi) is 5.41. The Morgan fingerprint density at radius 3 is 2.56 bits per heavy atom. The van der Waals surface area contributed by atoms with E-state index in [0.29, 0.717) is 12.5 Å². The molecule has 1 rings (SSSR count). The maximum Gasteiger partial charge on any atom is 0.240 e. The van der Waals surface area contributed by atoms with Crippen LogP contribution in [0.1, 0.15) is 39.4 Å². The van der Waals surface area contributed by atoms with Crippen LogP contribution in [0.5, 0.6) is 0 Å². The van der Waals surface area contributed by atoms with Crippen LogP contribution in [0.2, 0.25) is 0 Å². The van der Waals surface area contributed by atoms with Crippen molar-refractivity contribution >= 4 is 5.91 Å². The highest BCUT2D eigenvalue weighted by Crippen LogP contribution is 2.12.